The van der Waals surface area contributed by atoms with Crippen LogP contribution in [0, 0.1) is 5.92 Å². The van der Waals surface area contributed by atoms with E-state index in [-0.39, 0.29) is 17.7 Å². The van der Waals surface area contributed by atoms with Crippen LogP contribution in [-0.4, -0.2) is 18.9 Å². The number of rotatable bonds is 4. The second-order valence-electron chi connectivity index (χ2n) is 4.70. The molecule has 92 valence electrons. The first-order valence-corrected chi connectivity index (χ1v) is 6.12. The molecule has 1 aliphatic rings. The number of methoxy groups -OCH3 is 1. The van der Waals surface area contributed by atoms with Crippen molar-refractivity contribution in [3.8, 4) is 5.75 Å². The zero-order valence-electron chi connectivity index (χ0n) is 10.2. The molecule has 3 heteroatoms. The van der Waals surface area contributed by atoms with Crippen LogP contribution in [0.3, 0.4) is 0 Å². The Kier molecular flexibility index (Phi) is 3.79. The van der Waals surface area contributed by atoms with Crippen molar-refractivity contribution in [3.63, 3.8) is 0 Å². The van der Waals surface area contributed by atoms with Gasteiger partial charge in [-0.2, -0.15) is 0 Å². The van der Waals surface area contributed by atoms with Crippen molar-refractivity contribution in [1.82, 2.24) is 0 Å². The number of ketones is 1. The van der Waals surface area contributed by atoms with Crippen LogP contribution in [0.4, 0.5) is 0 Å². The Bertz CT molecular complexity index is 403. The molecule has 0 radical (unpaired) electrons. The van der Waals surface area contributed by atoms with Gasteiger partial charge in [-0.25, -0.2) is 0 Å². The fourth-order valence-electron chi connectivity index (χ4n) is 2.50. The Morgan fingerprint density at radius 2 is 2.29 bits per heavy atom. The van der Waals surface area contributed by atoms with Gasteiger partial charge in [0.2, 0.25) is 0 Å². The van der Waals surface area contributed by atoms with Crippen LogP contribution in [0.25, 0.3) is 0 Å². The molecular weight excluding hydrogens is 214 g/mol. The highest BCUT2D eigenvalue weighted by atomic mass is 16.5. The van der Waals surface area contributed by atoms with E-state index in [1.165, 1.54) is 0 Å². The van der Waals surface area contributed by atoms with E-state index in [0.29, 0.717) is 6.42 Å². The second-order valence-corrected chi connectivity index (χ2v) is 4.70. The van der Waals surface area contributed by atoms with Crippen molar-refractivity contribution in [2.75, 3.05) is 7.11 Å². The molecule has 1 aliphatic carbocycles. The molecule has 1 saturated carbocycles. The molecule has 3 nitrogen and oxygen atoms in total. The molecule has 17 heavy (non-hydrogen) atoms. The highest BCUT2D eigenvalue weighted by Gasteiger charge is 2.29. The van der Waals surface area contributed by atoms with Gasteiger partial charge in [0, 0.05) is 18.4 Å². The lowest BCUT2D eigenvalue weighted by atomic mass is 9.94. The Morgan fingerprint density at radius 3 is 2.94 bits per heavy atom. The SMILES string of the molecule is COc1cccc(CC(=O)C2CCCC2N)c1. The molecule has 2 rings (SSSR count). The van der Waals surface area contributed by atoms with Crippen molar-refractivity contribution >= 4 is 5.78 Å². The third-order valence-corrected chi connectivity index (χ3v) is 3.50. The number of ether oxygens (including phenoxy) is 1. The minimum absolute atomic E-state index is 0.0567. The van der Waals surface area contributed by atoms with E-state index < -0.39 is 0 Å². The first-order valence-electron chi connectivity index (χ1n) is 6.12. The number of carbonyl (C=O) groups is 1. The number of carbonyl (C=O) groups excluding carboxylic acids is 1. The summed E-state index contributed by atoms with van der Waals surface area (Å²) in [4.78, 5) is 12.1. The molecule has 1 aromatic rings. The van der Waals surface area contributed by atoms with Crippen molar-refractivity contribution in [2.24, 2.45) is 11.7 Å². The van der Waals surface area contributed by atoms with Crippen molar-refractivity contribution in [2.45, 2.75) is 31.7 Å². The molecule has 2 N–H and O–H groups in total. The van der Waals surface area contributed by atoms with Gasteiger partial charge in [-0.15, -0.1) is 0 Å². The summed E-state index contributed by atoms with van der Waals surface area (Å²) in [6.07, 6.45) is 3.48. The van der Waals surface area contributed by atoms with Crippen molar-refractivity contribution < 1.29 is 9.53 Å². The molecule has 1 aromatic carbocycles. The zero-order valence-corrected chi connectivity index (χ0v) is 10.2. The maximum absolute atomic E-state index is 12.1. The van der Waals surface area contributed by atoms with Gasteiger partial charge in [0.25, 0.3) is 0 Å². The van der Waals surface area contributed by atoms with Gasteiger partial charge in [0.1, 0.15) is 11.5 Å². The summed E-state index contributed by atoms with van der Waals surface area (Å²) < 4.78 is 5.15. The minimum atomic E-state index is 0.0567. The highest BCUT2D eigenvalue weighted by Crippen LogP contribution is 2.26. The van der Waals surface area contributed by atoms with E-state index in [9.17, 15) is 4.79 Å². The summed E-state index contributed by atoms with van der Waals surface area (Å²) in [6.45, 7) is 0. The molecule has 0 heterocycles. The van der Waals surface area contributed by atoms with E-state index in [1.54, 1.807) is 7.11 Å². The van der Waals surface area contributed by atoms with Crippen LogP contribution < -0.4 is 10.5 Å². The number of Topliss-reactive ketones (excluding diaryl/α,β-unsaturated/α-hetero) is 1. The van der Waals surface area contributed by atoms with E-state index >= 15 is 0 Å². The lowest BCUT2D eigenvalue weighted by Gasteiger charge is -2.14. The van der Waals surface area contributed by atoms with Crippen LogP contribution >= 0.6 is 0 Å². The van der Waals surface area contributed by atoms with Crippen LogP contribution in [0.2, 0.25) is 0 Å². The molecule has 1 fully saturated rings. The number of nitrogens with two attached hydrogens (primary N) is 1. The number of hydrogen-bond acceptors (Lipinski definition) is 3. The second kappa shape index (κ2) is 5.32. The standard InChI is InChI=1S/C14H19NO2/c1-17-11-5-2-4-10(8-11)9-14(16)12-6-3-7-13(12)15/h2,4-5,8,12-13H,3,6-7,9,15H2,1H3. The molecule has 2 unspecified atom stereocenters. The van der Waals surface area contributed by atoms with Crippen LogP contribution in [0.15, 0.2) is 24.3 Å². The van der Waals surface area contributed by atoms with Gasteiger partial charge in [0.05, 0.1) is 7.11 Å². The van der Waals surface area contributed by atoms with Crippen LogP contribution in [-0.2, 0) is 11.2 Å². The van der Waals surface area contributed by atoms with Gasteiger partial charge < -0.3 is 10.5 Å². The van der Waals surface area contributed by atoms with Gasteiger partial charge in [-0.3, -0.25) is 4.79 Å². The van der Waals surface area contributed by atoms with E-state index in [0.717, 1.165) is 30.6 Å². The van der Waals surface area contributed by atoms with E-state index in [2.05, 4.69) is 0 Å². The molecule has 0 aromatic heterocycles. The topological polar surface area (TPSA) is 52.3 Å². The summed E-state index contributed by atoms with van der Waals surface area (Å²) >= 11 is 0. The maximum atomic E-state index is 12.1. The van der Waals surface area contributed by atoms with Gasteiger partial charge in [-0.05, 0) is 30.5 Å². The summed E-state index contributed by atoms with van der Waals surface area (Å²) in [5.74, 6) is 1.12. The molecule has 0 spiro atoms. The average molecular weight is 233 g/mol. The number of benzene rings is 1. The monoisotopic (exact) mass is 233 g/mol. The predicted molar refractivity (Wildman–Crippen MR) is 67.0 cm³/mol. The normalized spacial score (nSPS) is 23.6. The first kappa shape index (κ1) is 12.1. The Morgan fingerprint density at radius 1 is 1.47 bits per heavy atom. The third-order valence-electron chi connectivity index (χ3n) is 3.50. The van der Waals surface area contributed by atoms with Gasteiger partial charge >= 0.3 is 0 Å². The van der Waals surface area contributed by atoms with E-state index in [4.69, 9.17) is 10.5 Å². The largest absolute Gasteiger partial charge is 0.497 e. The maximum Gasteiger partial charge on any atom is 0.141 e. The lowest BCUT2D eigenvalue weighted by molar-refractivity contribution is -0.122. The summed E-state index contributed by atoms with van der Waals surface area (Å²) in [5, 5.41) is 0. The molecular formula is C14H19NO2. The molecule has 0 aliphatic heterocycles. The lowest BCUT2D eigenvalue weighted by Crippen LogP contribution is -2.31. The quantitative estimate of drug-likeness (QED) is 0.864. The average Bonchev–Trinajstić information content (AvgIpc) is 2.76. The molecule has 2 atom stereocenters. The van der Waals surface area contributed by atoms with Crippen LogP contribution in [0.5, 0.6) is 5.75 Å². The minimum Gasteiger partial charge on any atom is -0.497 e. The van der Waals surface area contributed by atoms with Gasteiger partial charge in [0.15, 0.2) is 0 Å². The highest BCUT2D eigenvalue weighted by molar-refractivity contribution is 5.84. The third kappa shape index (κ3) is 2.86. The Hall–Kier alpha value is -1.35. The summed E-state index contributed by atoms with van der Waals surface area (Å²) in [7, 11) is 1.63. The molecule has 0 amide bonds. The fraction of sp³-hybridized carbons (Fsp3) is 0.500. The van der Waals surface area contributed by atoms with Crippen LogP contribution in [0.1, 0.15) is 24.8 Å². The summed E-state index contributed by atoms with van der Waals surface area (Å²) in [5.41, 5.74) is 6.95. The smallest absolute Gasteiger partial charge is 0.141 e. The first-order chi connectivity index (χ1) is 8.20. The predicted octanol–water partition coefficient (Wildman–Crippen LogP) is 1.93. The molecule has 0 saturated heterocycles. The van der Waals surface area contributed by atoms with E-state index in [1.807, 2.05) is 24.3 Å². The molecule has 0 bridgehead atoms. The summed E-state index contributed by atoms with van der Waals surface area (Å²) in [6, 6.07) is 7.73. The zero-order chi connectivity index (χ0) is 12.3. The Labute approximate surface area is 102 Å². The van der Waals surface area contributed by atoms with Crippen molar-refractivity contribution in [1.29, 1.82) is 0 Å². The fourth-order valence-corrected chi connectivity index (χ4v) is 2.50. The van der Waals surface area contributed by atoms with Gasteiger partial charge in [-0.1, -0.05) is 18.6 Å². The Balaban J connectivity index is 2.02. The van der Waals surface area contributed by atoms with Crippen molar-refractivity contribution in [3.05, 3.63) is 29.8 Å². The number of hydrogen-bond donors (Lipinski definition) is 1.